The number of halogens is 1. The van der Waals surface area contributed by atoms with Crippen molar-refractivity contribution in [2.24, 2.45) is 0 Å². The highest BCUT2D eigenvalue weighted by Crippen LogP contribution is 2.18. The fourth-order valence-electron chi connectivity index (χ4n) is 2.63. The summed E-state index contributed by atoms with van der Waals surface area (Å²) in [5, 5.41) is 0. The number of hydrogen-bond donors (Lipinski definition) is 0. The zero-order chi connectivity index (χ0) is 18.4. The van der Waals surface area contributed by atoms with Crippen LogP contribution in [0.15, 0.2) is 53.0 Å². The number of ketones is 1. The van der Waals surface area contributed by atoms with Crippen molar-refractivity contribution in [3.05, 3.63) is 64.1 Å². The second-order valence-electron chi connectivity index (χ2n) is 5.95. The zero-order valence-electron chi connectivity index (χ0n) is 14.2. The van der Waals surface area contributed by atoms with E-state index in [-0.39, 0.29) is 18.5 Å². The van der Waals surface area contributed by atoms with Gasteiger partial charge in [0, 0.05) is 16.6 Å². The summed E-state index contributed by atoms with van der Waals surface area (Å²) < 4.78 is 16.9. The molecule has 1 heterocycles. The number of carbonyl (C=O) groups excluding carboxylic acids is 2. The van der Waals surface area contributed by atoms with Gasteiger partial charge in [0.15, 0.2) is 6.61 Å². The van der Waals surface area contributed by atoms with Gasteiger partial charge in [0.05, 0.1) is 11.7 Å². The van der Waals surface area contributed by atoms with Gasteiger partial charge >= 0.3 is 5.97 Å². The molecule has 3 rings (SSSR count). The molecule has 5 nitrogen and oxygen atoms in total. The normalized spacial score (nSPS) is 16.3. The number of carbonyl (C=O) groups is 2. The first-order valence-electron chi connectivity index (χ1n) is 8.43. The zero-order valence-corrected chi connectivity index (χ0v) is 15.7. The van der Waals surface area contributed by atoms with Crippen LogP contribution in [-0.2, 0) is 9.47 Å². The fraction of sp³-hybridized carbons (Fsp3) is 0.300. The Labute approximate surface area is 160 Å². The van der Waals surface area contributed by atoms with E-state index in [1.807, 2.05) is 6.07 Å². The Morgan fingerprint density at radius 1 is 1.12 bits per heavy atom. The van der Waals surface area contributed by atoms with E-state index in [4.69, 9.17) is 14.2 Å². The topological polar surface area (TPSA) is 61.8 Å². The number of benzene rings is 2. The van der Waals surface area contributed by atoms with Gasteiger partial charge in [0.2, 0.25) is 5.78 Å². The first-order valence-corrected chi connectivity index (χ1v) is 9.22. The van der Waals surface area contributed by atoms with Crippen LogP contribution in [0.5, 0.6) is 5.75 Å². The van der Waals surface area contributed by atoms with Gasteiger partial charge in [0.25, 0.3) is 0 Å². The van der Waals surface area contributed by atoms with Crippen LogP contribution in [0.2, 0.25) is 0 Å². The van der Waals surface area contributed by atoms with Crippen LogP contribution in [0.4, 0.5) is 0 Å². The lowest BCUT2D eigenvalue weighted by Crippen LogP contribution is -2.16. The summed E-state index contributed by atoms with van der Waals surface area (Å²) in [5.74, 6) is -0.139. The maximum atomic E-state index is 12.1. The molecule has 0 amide bonds. The number of rotatable bonds is 7. The molecule has 1 atom stereocenters. The predicted octanol–water partition coefficient (Wildman–Crippen LogP) is 4.05. The molecule has 1 aliphatic heterocycles. The van der Waals surface area contributed by atoms with E-state index in [2.05, 4.69) is 15.9 Å². The Morgan fingerprint density at radius 2 is 1.88 bits per heavy atom. The summed E-state index contributed by atoms with van der Waals surface area (Å²) in [4.78, 5) is 24.2. The SMILES string of the molecule is O=C(OCC(=O)c1ccccc1Br)c1ccc(OCC2CCCO2)cc1. The lowest BCUT2D eigenvalue weighted by Gasteiger charge is -2.11. The van der Waals surface area contributed by atoms with Gasteiger partial charge < -0.3 is 14.2 Å². The van der Waals surface area contributed by atoms with Crippen molar-refractivity contribution >= 4 is 27.7 Å². The number of esters is 1. The predicted molar refractivity (Wildman–Crippen MR) is 99.7 cm³/mol. The molecule has 1 unspecified atom stereocenters. The molecule has 0 bridgehead atoms. The lowest BCUT2D eigenvalue weighted by atomic mass is 10.1. The van der Waals surface area contributed by atoms with E-state index >= 15 is 0 Å². The molecule has 6 heteroatoms. The van der Waals surface area contributed by atoms with Crippen molar-refractivity contribution < 1.29 is 23.8 Å². The Hall–Kier alpha value is -2.18. The van der Waals surface area contributed by atoms with Crippen LogP contribution in [0.25, 0.3) is 0 Å². The van der Waals surface area contributed by atoms with Crippen LogP contribution < -0.4 is 4.74 Å². The first-order chi connectivity index (χ1) is 12.6. The van der Waals surface area contributed by atoms with E-state index in [1.165, 1.54) is 0 Å². The number of Topliss-reactive ketones (excluding diaryl/α,β-unsaturated/α-hetero) is 1. The summed E-state index contributed by atoms with van der Waals surface area (Å²) in [6, 6.07) is 13.7. The summed E-state index contributed by atoms with van der Waals surface area (Å²) in [6.45, 7) is 0.986. The van der Waals surface area contributed by atoms with Gasteiger partial charge in [-0.2, -0.15) is 0 Å². The van der Waals surface area contributed by atoms with Crippen molar-refractivity contribution in [2.45, 2.75) is 18.9 Å². The van der Waals surface area contributed by atoms with E-state index in [1.54, 1.807) is 42.5 Å². The molecule has 1 fully saturated rings. The van der Waals surface area contributed by atoms with Gasteiger partial charge in [-0.3, -0.25) is 4.79 Å². The molecular weight excluding hydrogens is 400 g/mol. The highest BCUT2D eigenvalue weighted by molar-refractivity contribution is 9.10. The molecule has 0 N–H and O–H groups in total. The third kappa shape index (κ3) is 4.93. The second kappa shape index (κ2) is 8.96. The van der Waals surface area contributed by atoms with Crippen molar-refractivity contribution in [2.75, 3.05) is 19.8 Å². The first kappa shape index (κ1) is 18.6. The minimum atomic E-state index is -0.545. The Bertz CT molecular complexity index is 766. The molecule has 2 aromatic rings. The minimum absolute atomic E-state index is 0.142. The van der Waals surface area contributed by atoms with E-state index in [9.17, 15) is 9.59 Å². The smallest absolute Gasteiger partial charge is 0.338 e. The molecule has 1 aliphatic rings. The molecular formula is C20H19BrO5. The highest BCUT2D eigenvalue weighted by Gasteiger charge is 2.17. The van der Waals surface area contributed by atoms with E-state index in [0.717, 1.165) is 19.4 Å². The van der Waals surface area contributed by atoms with Crippen LogP contribution >= 0.6 is 15.9 Å². The van der Waals surface area contributed by atoms with Gasteiger partial charge in [0.1, 0.15) is 12.4 Å². The largest absolute Gasteiger partial charge is 0.491 e. The van der Waals surface area contributed by atoms with Gasteiger partial charge in [-0.15, -0.1) is 0 Å². The Kier molecular flexibility index (Phi) is 6.41. The van der Waals surface area contributed by atoms with Gasteiger partial charge in [-0.05, 0) is 43.2 Å². The average Bonchev–Trinajstić information content (AvgIpc) is 3.18. The number of hydrogen-bond acceptors (Lipinski definition) is 5. The average molecular weight is 419 g/mol. The van der Waals surface area contributed by atoms with E-state index < -0.39 is 5.97 Å². The lowest BCUT2D eigenvalue weighted by molar-refractivity contribution is 0.0474. The maximum absolute atomic E-state index is 12.1. The quantitative estimate of drug-likeness (QED) is 0.501. The molecule has 0 radical (unpaired) electrons. The third-order valence-corrected chi connectivity index (χ3v) is 4.75. The Balaban J connectivity index is 1.50. The van der Waals surface area contributed by atoms with E-state index in [0.29, 0.717) is 28.0 Å². The number of ether oxygens (including phenoxy) is 3. The van der Waals surface area contributed by atoms with Crippen LogP contribution in [0, 0.1) is 0 Å². The Morgan fingerprint density at radius 3 is 2.58 bits per heavy atom. The molecule has 1 saturated heterocycles. The summed E-state index contributed by atoms with van der Waals surface area (Å²) in [7, 11) is 0. The standard InChI is InChI=1S/C20H19BrO5/c21-18-6-2-1-5-17(18)19(22)13-26-20(23)14-7-9-15(10-8-14)25-12-16-4-3-11-24-16/h1-2,5-10,16H,3-4,11-13H2. The fourth-order valence-corrected chi connectivity index (χ4v) is 3.14. The maximum Gasteiger partial charge on any atom is 0.338 e. The summed E-state index contributed by atoms with van der Waals surface area (Å²) in [6.07, 6.45) is 2.22. The molecule has 2 aromatic carbocycles. The second-order valence-corrected chi connectivity index (χ2v) is 6.80. The third-order valence-electron chi connectivity index (χ3n) is 4.06. The molecule has 0 spiro atoms. The van der Waals surface area contributed by atoms with Gasteiger partial charge in [-0.25, -0.2) is 4.79 Å². The summed E-state index contributed by atoms with van der Waals surface area (Å²) >= 11 is 3.31. The van der Waals surface area contributed by atoms with Crippen molar-refractivity contribution in [1.29, 1.82) is 0 Å². The minimum Gasteiger partial charge on any atom is -0.491 e. The van der Waals surface area contributed by atoms with Crippen LogP contribution in [0.3, 0.4) is 0 Å². The molecule has 136 valence electrons. The van der Waals surface area contributed by atoms with Gasteiger partial charge in [-0.1, -0.05) is 34.1 Å². The molecule has 0 aliphatic carbocycles. The molecule has 26 heavy (non-hydrogen) atoms. The van der Waals surface area contributed by atoms with Crippen molar-refractivity contribution in [3.8, 4) is 5.75 Å². The monoisotopic (exact) mass is 418 g/mol. The highest BCUT2D eigenvalue weighted by atomic mass is 79.9. The van der Waals surface area contributed by atoms with Crippen LogP contribution in [0.1, 0.15) is 33.6 Å². The molecule has 0 saturated carbocycles. The van der Waals surface area contributed by atoms with Crippen molar-refractivity contribution in [3.63, 3.8) is 0 Å². The molecule has 0 aromatic heterocycles. The van der Waals surface area contributed by atoms with Crippen molar-refractivity contribution in [1.82, 2.24) is 0 Å². The summed E-state index contributed by atoms with van der Waals surface area (Å²) in [5.41, 5.74) is 0.854. The van der Waals surface area contributed by atoms with Crippen LogP contribution in [-0.4, -0.2) is 37.7 Å².